The van der Waals surface area contributed by atoms with E-state index in [1.807, 2.05) is 41.3 Å². The van der Waals surface area contributed by atoms with Gasteiger partial charge in [-0.15, -0.1) is 0 Å². The van der Waals surface area contributed by atoms with Crippen LogP contribution in [0.4, 0.5) is 0 Å². The van der Waals surface area contributed by atoms with Crippen LogP contribution in [-0.4, -0.2) is 45.3 Å². The maximum absolute atomic E-state index is 13.5. The Kier molecular flexibility index (Phi) is 6.94. The predicted molar refractivity (Wildman–Crippen MR) is 127 cm³/mol. The fourth-order valence-corrected chi connectivity index (χ4v) is 4.34. The Bertz CT molecular complexity index is 1150. The maximum atomic E-state index is 13.5. The second kappa shape index (κ2) is 10.0. The van der Waals surface area contributed by atoms with Gasteiger partial charge in [-0.2, -0.15) is 0 Å². The number of nitrogens with zero attached hydrogens (tertiary/aromatic N) is 1. The highest BCUT2D eigenvalue weighted by atomic mass is 35.5. The molecule has 0 saturated carbocycles. The van der Waals surface area contributed by atoms with Crippen LogP contribution in [0.1, 0.15) is 27.5 Å². The van der Waals surface area contributed by atoms with Gasteiger partial charge in [0.2, 0.25) is 0 Å². The molecule has 0 radical (unpaired) electrons. The van der Waals surface area contributed by atoms with Crippen LogP contribution in [0.2, 0.25) is 5.02 Å². The van der Waals surface area contributed by atoms with Crippen molar-refractivity contribution in [1.29, 1.82) is 0 Å². The molecule has 0 spiro atoms. The molecule has 7 heteroatoms. The number of carbonyl (C=O) groups excluding carboxylic acids is 1. The molecule has 1 atom stereocenters. The van der Waals surface area contributed by atoms with E-state index in [9.17, 15) is 4.79 Å². The molecule has 0 bridgehead atoms. The summed E-state index contributed by atoms with van der Waals surface area (Å²) >= 11 is 6.15. The molecule has 1 aliphatic heterocycles. The SMILES string of the molecule is COc1cc2c(cc1OC)[C@@H](COc1ccccc1OC)N(C(=O)c1cccc(Cl)c1)CC2. The van der Waals surface area contributed by atoms with E-state index in [1.54, 1.807) is 45.6 Å². The molecular formula is C26H26ClNO5. The smallest absolute Gasteiger partial charge is 0.254 e. The van der Waals surface area contributed by atoms with E-state index in [-0.39, 0.29) is 18.6 Å². The molecule has 6 nitrogen and oxygen atoms in total. The van der Waals surface area contributed by atoms with Gasteiger partial charge in [0.25, 0.3) is 5.91 Å². The molecule has 3 aromatic rings. The van der Waals surface area contributed by atoms with Gasteiger partial charge in [-0.05, 0) is 60.0 Å². The lowest BCUT2D eigenvalue weighted by atomic mass is 9.91. The highest BCUT2D eigenvalue weighted by molar-refractivity contribution is 6.30. The zero-order chi connectivity index (χ0) is 23.4. The first-order chi connectivity index (χ1) is 16.0. The van der Waals surface area contributed by atoms with Gasteiger partial charge in [0.1, 0.15) is 6.61 Å². The van der Waals surface area contributed by atoms with Gasteiger partial charge >= 0.3 is 0 Å². The lowest BCUT2D eigenvalue weighted by Gasteiger charge is -2.37. The molecule has 172 valence electrons. The molecule has 4 rings (SSSR count). The normalized spacial score (nSPS) is 14.9. The standard InChI is InChI=1S/C26H26ClNO5/c1-30-22-9-4-5-10-23(22)33-16-21-20-15-25(32-3)24(31-2)14-17(20)11-12-28(21)26(29)18-7-6-8-19(27)13-18/h4-10,13-15,21H,11-12,16H2,1-3H3/t21-/m1/s1. The number of fused-ring (bicyclic) bond motifs is 1. The average Bonchev–Trinajstić information content (AvgIpc) is 2.85. The van der Waals surface area contributed by atoms with E-state index < -0.39 is 0 Å². The summed E-state index contributed by atoms with van der Waals surface area (Å²) in [7, 11) is 4.82. The highest BCUT2D eigenvalue weighted by Crippen LogP contribution is 2.39. The molecule has 0 fully saturated rings. The van der Waals surface area contributed by atoms with Gasteiger partial charge in [0.15, 0.2) is 23.0 Å². The Morgan fingerprint density at radius 1 is 0.909 bits per heavy atom. The van der Waals surface area contributed by atoms with E-state index in [4.69, 9.17) is 30.5 Å². The quantitative estimate of drug-likeness (QED) is 0.479. The molecule has 0 unspecified atom stereocenters. The van der Waals surface area contributed by atoms with Gasteiger partial charge in [-0.1, -0.05) is 29.8 Å². The van der Waals surface area contributed by atoms with Gasteiger partial charge in [0, 0.05) is 17.1 Å². The van der Waals surface area contributed by atoms with Crippen LogP contribution in [0.3, 0.4) is 0 Å². The Morgan fingerprint density at radius 3 is 2.30 bits per heavy atom. The van der Waals surface area contributed by atoms with Crippen LogP contribution in [0.5, 0.6) is 23.0 Å². The molecule has 1 amide bonds. The summed E-state index contributed by atoms with van der Waals surface area (Å²) in [5.41, 5.74) is 2.59. The maximum Gasteiger partial charge on any atom is 0.254 e. The summed E-state index contributed by atoms with van der Waals surface area (Å²) in [6.07, 6.45) is 0.688. The first-order valence-electron chi connectivity index (χ1n) is 10.6. The van der Waals surface area contributed by atoms with E-state index in [1.165, 1.54) is 0 Å². The molecule has 0 saturated heterocycles. The van der Waals surface area contributed by atoms with Crippen LogP contribution in [0.25, 0.3) is 0 Å². The number of amides is 1. The average molecular weight is 468 g/mol. The fourth-order valence-electron chi connectivity index (χ4n) is 4.15. The van der Waals surface area contributed by atoms with Crippen molar-refractivity contribution in [3.63, 3.8) is 0 Å². The number of methoxy groups -OCH3 is 3. The first-order valence-corrected chi connectivity index (χ1v) is 11.0. The van der Waals surface area contributed by atoms with Crippen molar-refractivity contribution >= 4 is 17.5 Å². The van der Waals surface area contributed by atoms with Crippen LogP contribution >= 0.6 is 11.6 Å². The first kappa shape index (κ1) is 22.8. The number of rotatable bonds is 7. The van der Waals surface area contributed by atoms with Crippen LogP contribution < -0.4 is 18.9 Å². The van der Waals surface area contributed by atoms with Crippen molar-refractivity contribution in [3.8, 4) is 23.0 Å². The summed E-state index contributed by atoms with van der Waals surface area (Å²) < 4.78 is 22.6. The minimum atomic E-state index is -0.343. The van der Waals surface area contributed by atoms with Crippen molar-refractivity contribution < 1.29 is 23.7 Å². The molecule has 0 N–H and O–H groups in total. The number of halogens is 1. The Hall–Kier alpha value is -3.38. The molecule has 1 aliphatic rings. The lowest BCUT2D eigenvalue weighted by Crippen LogP contribution is -2.42. The minimum Gasteiger partial charge on any atom is -0.493 e. The summed E-state index contributed by atoms with van der Waals surface area (Å²) in [6.45, 7) is 0.781. The molecule has 3 aromatic carbocycles. The van der Waals surface area contributed by atoms with E-state index in [0.29, 0.717) is 46.5 Å². The second-order valence-corrected chi connectivity index (χ2v) is 8.08. The molecular weight excluding hydrogens is 442 g/mol. The molecule has 1 heterocycles. The van der Waals surface area contributed by atoms with E-state index in [2.05, 4.69) is 0 Å². The molecule has 33 heavy (non-hydrogen) atoms. The van der Waals surface area contributed by atoms with Gasteiger partial charge in [-0.3, -0.25) is 4.79 Å². The zero-order valence-corrected chi connectivity index (χ0v) is 19.6. The monoisotopic (exact) mass is 467 g/mol. The number of ether oxygens (including phenoxy) is 4. The van der Waals surface area contributed by atoms with Crippen molar-refractivity contribution in [2.24, 2.45) is 0 Å². The summed E-state index contributed by atoms with van der Waals surface area (Å²) in [5, 5.41) is 0.520. The van der Waals surface area contributed by atoms with Crippen molar-refractivity contribution in [1.82, 2.24) is 4.90 Å². The van der Waals surface area contributed by atoms with Crippen molar-refractivity contribution in [2.75, 3.05) is 34.5 Å². The van der Waals surface area contributed by atoms with E-state index in [0.717, 1.165) is 11.1 Å². The van der Waals surface area contributed by atoms with Gasteiger partial charge < -0.3 is 23.8 Å². The third kappa shape index (κ3) is 4.71. The number of hydrogen-bond donors (Lipinski definition) is 0. The largest absolute Gasteiger partial charge is 0.493 e. The summed E-state index contributed by atoms with van der Waals surface area (Å²) in [6, 6.07) is 18.0. The van der Waals surface area contributed by atoms with Crippen LogP contribution in [-0.2, 0) is 6.42 Å². The number of carbonyl (C=O) groups is 1. The van der Waals surface area contributed by atoms with Crippen molar-refractivity contribution in [2.45, 2.75) is 12.5 Å². The second-order valence-electron chi connectivity index (χ2n) is 7.64. The summed E-state index contributed by atoms with van der Waals surface area (Å²) in [4.78, 5) is 15.3. The Labute approximate surface area is 198 Å². The van der Waals surface area contributed by atoms with Crippen molar-refractivity contribution in [3.05, 3.63) is 82.4 Å². The summed E-state index contributed by atoms with van der Waals surface area (Å²) in [5.74, 6) is 2.41. The third-order valence-electron chi connectivity index (χ3n) is 5.80. The van der Waals surface area contributed by atoms with E-state index >= 15 is 0 Å². The number of hydrogen-bond acceptors (Lipinski definition) is 5. The number of para-hydroxylation sites is 2. The zero-order valence-electron chi connectivity index (χ0n) is 18.8. The van der Waals surface area contributed by atoms with Crippen LogP contribution in [0, 0.1) is 0 Å². The van der Waals surface area contributed by atoms with Crippen LogP contribution in [0.15, 0.2) is 60.7 Å². The van der Waals surface area contributed by atoms with Gasteiger partial charge in [-0.25, -0.2) is 0 Å². The van der Waals surface area contributed by atoms with Gasteiger partial charge in [0.05, 0.1) is 27.4 Å². The molecule has 0 aliphatic carbocycles. The topological polar surface area (TPSA) is 57.2 Å². The fraction of sp³-hybridized carbons (Fsp3) is 0.269. The Morgan fingerprint density at radius 2 is 1.61 bits per heavy atom. The lowest BCUT2D eigenvalue weighted by molar-refractivity contribution is 0.0587. The predicted octanol–water partition coefficient (Wildman–Crippen LogP) is 5.18. The molecule has 0 aromatic heterocycles. The number of benzene rings is 3. The highest BCUT2D eigenvalue weighted by Gasteiger charge is 2.33. The minimum absolute atomic E-state index is 0.105. The Balaban J connectivity index is 1.72. The third-order valence-corrected chi connectivity index (χ3v) is 6.04.